The summed E-state index contributed by atoms with van der Waals surface area (Å²) in [6, 6.07) is 7.67. The normalized spacial score (nSPS) is 21.9. The van der Waals surface area contributed by atoms with Crippen molar-refractivity contribution in [2.75, 3.05) is 11.4 Å². The lowest BCUT2D eigenvalue weighted by Gasteiger charge is -2.30. The largest absolute Gasteiger partial charge is 0.320 e. The fraction of sp³-hybridized carbons (Fsp3) is 0.417. The highest BCUT2D eigenvalue weighted by Gasteiger charge is 2.26. The molecule has 1 aromatic carbocycles. The molecule has 1 aliphatic heterocycles. The van der Waals surface area contributed by atoms with Crippen molar-refractivity contribution >= 4 is 11.6 Å². The van der Waals surface area contributed by atoms with Gasteiger partial charge in [0.25, 0.3) is 0 Å². The van der Waals surface area contributed by atoms with E-state index in [-0.39, 0.29) is 11.9 Å². The van der Waals surface area contributed by atoms with Gasteiger partial charge in [-0.15, -0.1) is 0 Å². The monoisotopic (exact) mass is 204 g/mol. The summed E-state index contributed by atoms with van der Waals surface area (Å²) in [4.78, 5) is 13.6. The van der Waals surface area contributed by atoms with Gasteiger partial charge in [-0.3, -0.25) is 4.79 Å². The van der Waals surface area contributed by atoms with E-state index in [0.29, 0.717) is 0 Å². The van der Waals surface area contributed by atoms with Gasteiger partial charge >= 0.3 is 0 Å². The Morgan fingerprint density at radius 2 is 2.00 bits per heavy atom. The molecule has 1 fully saturated rings. The molecule has 1 heterocycles. The summed E-state index contributed by atoms with van der Waals surface area (Å²) in [6.45, 7) is 2.82. The summed E-state index contributed by atoms with van der Waals surface area (Å²) in [5, 5.41) is 0. The lowest BCUT2D eigenvalue weighted by Crippen LogP contribution is -2.48. The number of aryl methyl sites for hydroxylation is 1. The Morgan fingerprint density at radius 3 is 2.67 bits per heavy atom. The van der Waals surface area contributed by atoms with Gasteiger partial charge in [0, 0.05) is 12.2 Å². The van der Waals surface area contributed by atoms with E-state index in [4.69, 9.17) is 5.73 Å². The van der Waals surface area contributed by atoms with E-state index < -0.39 is 0 Å². The number of piperidine rings is 1. The lowest BCUT2D eigenvalue weighted by atomic mass is 10.0. The smallest absolute Gasteiger partial charge is 0.243 e. The van der Waals surface area contributed by atoms with Crippen molar-refractivity contribution in [3.63, 3.8) is 0 Å². The summed E-state index contributed by atoms with van der Waals surface area (Å²) in [5.74, 6) is 0.0464. The molecule has 1 saturated heterocycles. The summed E-state index contributed by atoms with van der Waals surface area (Å²) in [7, 11) is 0. The van der Waals surface area contributed by atoms with E-state index in [2.05, 4.69) is 0 Å². The first-order valence-corrected chi connectivity index (χ1v) is 5.32. The molecule has 0 bridgehead atoms. The Hall–Kier alpha value is -1.35. The predicted octanol–water partition coefficient (Wildman–Crippen LogP) is 1.45. The first kappa shape index (κ1) is 10.2. The molecule has 15 heavy (non-hydrogen) atoms. The molecule has 3 nitrogen and oxygen atoms in total. The minimum atomic E-state index is -0.319. The number of hydrogen-bond donors (Lipinski definition) is 1. The van der Waals surface area contributed by atoms with Gasteiger partial charge in [0.15, 0.2) is 0 Å². The van der Waals surface area contributed by atoms with Crippen molar-refractivity contribution in [3.05, 3.63) is 29.8 Å². The molecule has 1 atom stereocenters. The molecule has 0 aliphatic carbocycles. The number of amides is 1. The summed E-state index contributed by atoms with van der Waals surface area (Å²) >= 11 is 0. The molecule has 3 heteroatoms. The zero-order valence-electron chi connectivity index (χ0n) is 8.94. The van der Waals surface area contributed by atoms with Crippen molar-refractivity contribution in [1.29, 1.82) is 0 Å². The molecule has 0 radical (unpaired) electrons. The second-order valence-corrected chi connectivity index (χ2v) is 4.07. The quantitative estimate of drug-likeness (QED) is 0.752. The number of anilines is 1. The summed E-state index contributed by atoms with van der Waals surface area (Å²) in [5.41, 5.74) is 7.91. The number of nitrogens with zero attached hydrogens (tertiary/aromatic N) is 1. The molecule has 0 saturated carbocycles. The fourth-order valence-electron chi connectivity index (χ4n) is 1.88. The lowest BCUT2D eigenvalue weighted by molar-refractivity contribution is -0.120. The van der Waals surface area contributed by atoms with Crippen LogP contribution in [0.2, 0.25) is 0 Å². The average Bonchev–Trinajstić information content (AvgIpc) is 2.24. The Kier molecular flexibility index (Phi) is 2.73. The van der Waals surface area contributed by atoms with Crippen molar-refractivity contribution < 1.29 is 4.79 Å². The number of rotatable bonds is 1. The highest BCUT2D eigenvalue weighted by atomic mass is 16.2. The topological polar surface area (TPSA) is 46.3 Å². The molecule has 1 aromatic rings. The zero-order valence-corrected chi connectivity index (χ0v) is 8.94. The SMILES string of the molecule is Cc1ccc(N2CCC[C@@H](N)C2=O)cc1. The fourth-order valence-corrected chi connectivity index (χ4v) is 1.88. The number of benzene rings is 1. The van der Waals surface area contributed by atoms with Crippen LogP contribution in [0.3, 0.4) is 0 Å². The number of nitrogens with two attached hydrogens (primary N) is 1. The van der Waals surface area contributed by atoms with Gasteiger partial charge in [0.2, 0.25) is 5.91 Å². The highest BCUT2D eigenvalue weighted by Crippen LogP contribution is 2.20. The average molecular weight is 204 g/mol. The number of hydrogen-bond acceptors (Lipinski definition) is 2. The van der Waals surface area contributed by atoms with Crippen LogP contribution in [0.15, 0.2) is 24.3 Å². The Morgan fingerprint density at radius 1 is 1.33 bits per heavy atom. The van der Waals surface area contributed by atoms with E-state index in [1.165, 1.54) is 5.56 Å². The van der Waals surface area contributed by atoms with E-state index in [1.54, 1.807) is 4.90 Å². The van der Waals surface area contributed by atoms with Crippen molar-refractivity contribution in [2.24, 2.45) is 5.73 Å². The minimum Gasteiger partial charge on any atom is -0.320 e. The van der Waals surface area contributed by atoms with E-state index in [9.17, 15) is 4.79 Å². The first-order valence-electron chi connectivity index (χ1n) is 5.32. The van der Waals surface area contributed by atoms with E-state index in [1.807, 2.05) is 31.2 Å². The van der Waals surface area contributed by atoms with Crippen LogP contribution < -0.4 is 10.6 Å². The Labute approximate surface area is 89.9 Å². The standard InChI is InChI=1S/C12H16N2O/c1-9-4-6-10(7-5-9)14-8-2-3-11(13)12(14)15/h4-7,11H,2-3,8,13H2,1H3/t11-/m1/s1. The maximum absolute atomic E-state index is 11.8. The third-order valence-corrected chi connectivity index (χ3v) is 2.83. The highest BCUT2D eigenvalue weighted by molar-refractivity contribution is 5.97. The molecular formula is C12H16N2O. The molecule has 1 aliphatic rings. The zero-order chi connectivity index (χ0) is 10.8. The molecule has 0 spiro atoms. The third kappa shape index (κ3) is 2.02. The molecule has 2 N–H and O–H groups in total. The number of carbonyl (C=O) groups excluding carboxylic acids is 1. The molecule has 80 valence electrons. The van der Waals surface area contributed by atoms with Gasteiger partial charge in [-0.25, -0.2) is 0 Å². The molecule has 0 aromatic heterocycles. The number of carbonyl (C=O) groups is 1. The van der Waals surface area contributed by atoms with Crippen LogP contribution in [-0.4, -0.2) is 18.5 Å². The van der Waals surface area contributed by atoms with Crippen LogP contribution in [0.25, 0.3) is 0 Å². The van der Waals surface area contributed by atoms with Crippen molar-refractivity contribution in [1.82, 2.24) is 0 Å². The van der Waals surface area contributed by atoms with Gasteiger partial charge in [-0.05, 0) is 31.9 Å². The van der Waals surface area contributed by atoms with Crippen molar-refractivity contribution in [3.8, 4) is 0 Å². The van der Waals surface area contributed by atoms with E-state index >= 15 is 0 Å². The van der Waals surface area contributed by atoms with Gasteiger partial charge in [0.05, 0.1) is 6.04 Å². The maximum Gasteiger partial charge on any atom is 0.243 e. The van der Waals surface area contributed by atoms with Crippen LogP contribution in [0, 0.1) is 6.92 Å². The van der Waals surface area contributed by atoms with Crippen LogP contribution >= 0.6 is 0 Å². The molecule has 2 rings (SSSR count). The Balaban J connectivity index is 2.22. The third-order valence-electron chi connectivity index (χ3n) is 2.83. The maximum atomic E-state index is 11.8. The molecular weight excluding hydrogens is 188 g/mol. The Bertz CT molecular complexity index is 358. The van der Waals surface area contributed by atoms with Crippen LogP contribution in [0.4, 0.5) is 5.69 Å². The second-order valence-electron chi connectivity index (χ2n) is 4.07. The van der Waals surface area contributed by atoms with Gasteiger partial charge in [-0.1, -0.05) is 17.7 Å². The predicted molar refractivity (Wildman–Crippen MR) is 60.7 cm³/mol. The van der Waals surface area contributed by atoms with Crippen LogP contribution in [-0.2, 0) is 4.79 Å². The van der Waals surface area contributed by atoms with Gasteiger partial charge in [0.1, 0.15) is 0 Å². The van der Waals surface area contributed by atoms with Crippen LogP contribution in [0.1, 0.15) is 18.4 Å². The van der Waals surface area contributed by atoms with Crippen LogP contribution in [0.5, 0.6) is 0 Å². The molecule has 1 amide bonds. The van der Waals surface area contributed by atoms with Gasteiger partial charge < -0.3 is 10.6 Å². The summed E-state index contributed by atoms with van der Waals surface area (Å²) < 4.78 is 0. The minimum absolute atomic E-state index is 0.0464. The molecule has 0 unspecified atom stereocenters. The first-order chi connectivity index (χ1) is 7.18. The van der Waals surface area contributed by atoms with Crippen molar-refractivity contribution in [2.45, 2.75) is 25.8 Å². The van der Waals surface area contributed by atoms with Gasteiger partial charge in [-0.2, -0.15) is 0 Å². The van der Waals surface area contributed by atoms with E-state index in [0.717, 1.165) is 25.1 Å². The summed E-state index contributed by atoms with van der Waals surface area (Å²) in [6.07, 6.45) is 1.79. The second kappa shape index (κ2) is 4.03.